The summed E-state index contributed by atoms with van der Waals surface area (Å²) in [6.07, 6.45) is 0. The van der Waals surface area contributed by atoms with Crippen molar-refractivity contribution in [3.8, 4) is 11.5 Å². The highest BCUT2D eigenvalue weighted by atomic mass is 35.5. The fourth-order valence-electron chi connectivity index (χ4n) is 2.13. The zero-order valence-electron chi connectivity index (χ0n) is 14.0. The Labute approximate surface area is 161 Å². The molecule has 0 bridgehead atoms. The Morgan fingerprint density at radius 1 is 1.00 bits per heavy atom. The molecule has 0 aromatic heterocycles. The third-order valence-corrected chi connectivity index (χ3v) is 5.17. The molecule has 2 aromatic rings. The molecule has 0 spiro atoms. The number of benzene rings is 2. The fraction of sp³-hybridized carbons (Fsp3) is 0.278. The maximum Gasteiger partial charge on any atom is 0.230 e. The number of thioether (sulfide) groups is 1. The smallest absolute Gasteiger partial charge is 0.230 e. The lowest BCUT2D eigenvalue weighted by molar-refractivity contribution is -0.118. The zero-order valence-corrected chi connectivity index (χ0v) is 16.3. The van der Waals surface area contributed by atoms with Gasteiger partial charge in [0.15, 0.2) is 11.5 Å². The van der Waals surface area contributed by atoms with Crippen molar-refractivity contribution in [1.29, 1.82) is 0 Å². The van der Waals surface area contributed by atoms with E-state index in [0.29, 0.717) is 39.6 Å². The summed E-state index contributed by atoms with van der Waals surface area (Å²) in [6.45, 7) is 0.437. The van der Waals surface area contributed by atoms with Crippen molar-refractivity contribution in [2.24, 2.45) is 0 Å². The highest BCUT2D eigenvalue weighted by molar-refractivity contribution is 7.99. The SMILES string of the molecule is COc1ccc(CNC(=O)CSCc2ccc(Cl)c(Cl)c2)cc1OC. The summed E-state index contributed by atoms with van der Waals surface area (Å²) in [5.41, 5.74) is 1.98. The molecule has 1 N–H and O–H groups in total. The van der Waals surface area contributed by atoms with Crippen molar-refractivity contribution in [2.75, 3.05) is 20.0 Å². The Morgan fingerprint density at radius 2 is 1.72 bits per heavy atom. The first-order chi connectivity index (χ1) is 12.0. The highest BCUT2D eigenvalue weighted by Gasteiger charge is 2.07. The van der Waals surface area contributed by atoms with Crippen molar-refractivity contribution in [3.05, 3.63) is 57.6 Å². The van der Waals surface area contributed by atoms with Gasteiger partial charge in [-0.15, -0.1) is 11.8 Å². The van der Waals surface area contributed by atoms with Gasteiger partial charge in [0.05, 0.1) is 30.0 Å². The van der Waals surface area contributed by atoms with E-state index < -0.39 is 0 Å². The molecular formula is C18H19Cl2NO3S. The van der Waals surface area contributed by atoms with E-state index in [9.17, 15) is 4.79 Å². The van der Waals surface area contributed by atoms with E-state index in [0.717, 1.165) is 11.1 Å². The van der Waals surface area contributed by atoms with Crippen LogP contribution in [0.4, 0.5) is 0 Å². The van der Waals surface area contributed by atoms with Crippen LogP contribution < -0.4 is 14.8 Å². The molecule has 4 nitrogen and oxygen atoms in total. The van der Waals surface area contributed by atoms with Gasteiger partial charge in [0.2, 0.25) is 5.91 Å². The van der Waals surface area contributed by atoms with Crippen LogP contribution in [0.5, 0.6) is 11.5 Å². The van der Waals surface area contributed by atoms with E-state index in [-0.39, 0.29) is 5.91 Å². The highest BCUT2D eigenvalue weighted by Crippen LogP contribution is 2.27. The Morgan fingerprint density at radius 3 is 2.40 bits per heavy atom. The first kappa shape index (κ1) is 19.8. The molecule has 0 aliphatic heterocycles. The molecule has 2 aromatic carbocycles. The summed E-state index contributed by atoms with van der Waals surface area (Å²) < 4.78 is 10.4. The molecule has 134 valence electrons. The van der Waals surface area contributed by atoms with Gasteiger partial charge in [-0.05, 0) is 35.4 Å². The molecule has 2 rings (SSSR count). The predicted octanol–water partition coefficient (Wildman–Crippen LogP) is 4.56. The number of nitrogens with one attached hydrogen (secondary N) is 1. The number of methoxy groups -OCH3 is 2. The molecule has 0 aliphatic rings. The molecule has 0 heterocycles. The molecule has 0 saturated carbocycles. The minimum atomic E-state index is -0.0279. The molecule has 25 heavy (non-hydrogen) atoms. The van der Waals surface area contributed by atoms with Gasteiger partial charge in [-0.3, -0.25) is 4.79 Å². The fourth-order valence-corrected chi connectivity index (χ4v) is 3.26. The van der Waals surface area contributed by atoms with E-state index in [1.165, 1.54) is 11.8 Å². The van der Waals surface area contributed by atoms with Crippen LogP contribution in [0.3, 0.4) is 0 Å². The predicted molar refractivity (Wildman–Crippen MR) is 104 cm³/mol. The van der Waals surface area contributed by atoms with Gasteiger partial charge in [-0.2, -0.15) is 0 Å². The second-order valence-electron chi connectivity index (χ2n) is 5.21. The van der Waals surface area contributed by atoms with Crippen molar-refractivity contribution < 1.29 is 14.3 Å². The largest absolute Gasteiger partial charge is 0.493 e. The molecule has 0 saturated heterocycles. The van der Waals surface area contributed by atoms with Crippen LogP contribution in [0.1, 0.15) is 11.1 Å². The van der Waals surface area contributed by atoms with E-state index in [1.807, 2.05) is 30.3 Å². The number of carbonyl (C=O) groups is 1. The van der Waals surface area contributed by atoms with Crippen LogP contribution in [0, 0.1) is 0 Å². The van der Waals surface area contributed by atoms with Gasteiger partial charge >= 0.3 is 0 Å². The lowest BCUT2D eigenvalue weighted by Gasteiger charge is -2.10. The van der Waals surface area contributed by atoms with E-state index in [1.54, 1.807) is 20.3 Å². The van der Waals surface area contributed by atoms with Gasteiger partial charge in [0.25, 0.3) is 0 Å². The van der Waals surface area contributed by atoms with Crippen LogP contribution in [0.15, 0.2) is 36.4 Å². The number of hydrogen-bond acceptors (Lipinski definition) is 4. The summed E-state index contributed by atoms with van der Waals surface area (Å²) in [5.74, 6) is 2.34. The van der Waals surface area contributed by atoms with E-state index >= 15 is 0 Å². The number of rotatable bonds is 8. The minimum Gasteiger partial charge on any atom is -0.493 e. The van der Waals surface area contributed by atoms with E-state index in [2.05, 4.69) is 5.32 Å². The third-order valence-electron chi connectivity index (χ3n) is 3.42. The summed E-state index contributed by atoms with van der Waals surface area (Å²) in [6, 6.07) is 11.0. The van der Waals surface area contributed by atoms with Crippen molar-refractivity contribution in [3.63, 3.8) is 0 Å². The number of carbonyl (C=O) groups excluding carboxylic acids is 1. The first-order valence-electron chi connectivity index (χ1n) is 7.52. The Bertz CT molecular complexity index is 740. The number of halogens is 2. The summed E-state index contributed by atoms with van der Waals surface area (Å²) in [5, 5.41) is 3.95. The first-order valence-corrected chi connectivity index (χ1v) is 9.44. The van der Waals surface area contributed by atoms with Gasteiger partial charge in [-0.25, -0.2) is 0 Å². The lowest BCUT2D eigenvalue weighted by atomic mass is 10.2. The van der Waals surface area contributed by atoms with Gasteiger partial charge in [0.1, 0.15) is 0 Å². The zero-order chi connectivity index (χ0) is 18.2. The molecule has 0 radical (unpaired) electrons. The van der Waals surface area contributed by atoms with Gasteiger partial charge < -0.3 is 14.8 Å². The number of ether oxygens (including phenoxy) is 2. The van der Waals surface area contributed by atoms with Crippen LogP contribution in [0.25, 0.3) is 0 Å². The van der Waals surface area contributed by atoms with Crippen molar-refractivity contribution in [2.45, 2.75) is 12.3 Å². The third kappa shape index (κ3) is 6.03. The van der Waals surface area contributed by atoms with Crippen LogP contribution >= 0.6 is 35.0 Å². The maximum atomic E-state index is 12.0. The topological polar surface area (TPSA) is 47.6 Å². The van der Waals surface area contributed by atoms with Crippen molar-refractivity contribution >= 4 is 40.9 Å². The second-order valence-corrected chi connectivity index (χ2v) is 7.01. The average Bonchev–Trinajstić information content (AvgIpc) is 2.62. The van der Waals surface area contributed by atoms with Crippen LogP contribution in [-0.4, -0.2) is 25.9 Å². The summed E-state index contributed by atoms with van der Waals surface area (Å²) in [7, 11) is 3.17. The average molecular weight is 400 g/mol. The summed E-state index contributed by atoms with van der Waals surface area (Å²) in [4.78, 5) is 12.0. The van der Waals surface area contributed by atoms with E-state index in [4.69, 9.17) is 32.7 Å². The van der Waals surface area contributed by atoms with Gasteiger partial charge in [0, 0.05) is 12.3 Å². The Hall–Kier alpha value is -1.56. The molecule has 0 fully saturated rings. The quantitative estimate of drug-likeness (QED) is 0.706. The number of amides is 1. The molecule has 0 atom stereocenters. The maximum absolute atomic E-state index is 12.0. The molecule has 7 heteroatoms. The molecule has 1 amide bonds. The van der Waals surface area contributed by atoms with Crippen LogP contribution in [-0.2, 0) is 17.1 Å². The second kappa shape index (κ2) is 9.80. The lowest BCUT2D eigenvalue weighted by Crippen LogP contribution is -2.24. The summed E-state index contributed by atoms with van der Waals surface area (Å²) >= 11 is 13.4. The minimum absolute atomic E-state index is 0.0279. The van der Waals surface area contributed by atoms with Crippen molar-refractivity contribution in [1.82, 2.24) is 5.32 Å². The Kier molecular flexibility index (Phi) is 7.75. The molecular weight excluding hydrogens is 381 g/mol. The normalized spacial score (nSPS) is 10.4. The molecule has 0 aliphatic carbocycles. The molecule has 0 unspecified atom stereocenters. The number of hydrogen-bond donors (Lipinski definition) is 1. The van der Waals surface area contributed by atoms with Gasteiger partial charge in [-0.1, -0.05) is 35.3 Å². The monoisotopic (exact) mass is 399 g/mol. The standard InChI is InChI=1S/C18H19Cl2NO3S/c1-23-16-6-4-12(8-17(16)24-2)9-21-18(22)11-25-10-13-3-5-14(19)15(20)7-13/h3-8H,9-11H2,1-2H3,(H,21,22). The van der Waals surface area contributed by atoms with Crippen LogP contribution in [0.2, 0.25) is 10.0 Å². The Balaban J connectivity index is 1.78.